The SMILES string of the molecule is C=CCn1c(=O)n(Cc2ccccc2)c2cccc(C)c21. The van der Waals surface area contributed by atoms with Gasteiger partial charge in [0.1, 0.15) is 0 Å². The molecule has 1 heterocycles. The van der Waals surface area contributed by atoms with E-state index in [-0.39, 0.29) is 5.69 Å². The minimum Gasteiger partial charge on any atom is -0.288 e. The molecule has 0 amide bonds. The smallest absolute Gasteiger partial charge is 0.288 e. The summed E-state index contributed by atoms with van der Waals surface area (Å²) in [5.74, 6) is 0. The lowest BCUT2D eigenvalue weighted by molar-refractivity contribution is 0.709. The fourth-order valence-corrected chi connectivity index (χ4v) is 2.77. The number of imidazole rings is 1. The third kappa shape index (κ3) is 2.31. The molecule has 2 aromatic carbocycles. The van der Waals surface area contributed by atoms with Crippen LogP contribution >= 0.6 is 0 Å². The molecule has 0 aliphatic carbocycles. The maximum atomic E-state index is 12.7. The number of para-hydroxylation sites is 1. The Morgan fingerprint density at radius 2 is 1.81 bits per heavy atom. The topological polar surface area (TPSA) is 26.9 Å². The number of benzene rings is 2. The summed E-state index contributed by atoms with van der Waals surface area (Å²) in [6, 6.07) is 16.1. The van der Waals surface area contributed by atoms with Gasteiger partial charge in [-0.3, -0.25) is 9.13 Å². The van der Waals surface area contributed by atoms with Crippen molar-refractivity contribution < 1.29 is 0 Å². The van der Waals surface area contributed by atoms with Gasteiger partial charge in [0.2, 0.25) is 0 Å². The van der Waals surface area contributed by atoms with Crippen LogP contribution in [0.25, 0.3) is 11.0 Å². The molecule has 3 heteroatoms. The Morgan fingerprint density at radius 1 is 1.05 bits per heavy atom. The molecule has 0 fully saturated rings. The molecule has 0 bridgehead atoms. The molecule has 106 valence electrons. The summed E-state index contributed by atoms with van der Waals surface area (Å²) in [6.45, 7) is 6.91. The summed E-state index contributed by atoms with van der Waals surface area (Å²) in [6.07, 6.45) is 1.76. The van der Waals surface area contributed by atoms with Crippen molar-refractivity contribution in [2.24, 2.45) is 0 Å². The van der Waals surface area contributed by atoms with E-state index in [0.717, 1.165) is 22.2 Å². The van der Waals surface area contributed by atoms with Gasteiger partial charge >= 0.3 is 5.69 Å². The molecule has 0 radical (unpaired) electrons. The number of hydrogen-bond donors (Lipinski definition) is 0. The van der Waals surface area contributed by atoms with E-state index in [1.54, 1.807) is 10.6 Å². The maximum Gasteiger partial charge on any atom is 0.329 e. The lowest BCUT2D eigenvalue weighted by atomic mass is 10.2. The van der Waals surface area contributed by atoms with Crippen LogP contribution in [0, 0.1) is 6.92 Å². The Bertz CT molecular complexity index is 841. The Morgan fingerprint density at radius 3 is 2.52 bits per heavy atom. The highest BCUT2D eigenvalue weighted by molar-refractivity contribution is 5.79. The third-order valence-corrected chi connectivity index (χ3v) is 3.73. The van der Waals surface area contributed by atoms with E-state index in [1.165, 1.54) is 0 Å². The Balaban J connectivity index is 2.23. The summed E-state index contributed by atoms with van der Waals surface area (Å²) in [4.78, 5) is 12.7. The number of rotatable bonds is 4. The van der Waals surface area contributed by atoms with Crippen molar-refractivity contribution in [3.8, 4) is 0 Å². The number of hydrogen-bond acceptors (Lipinski definition) is 1. The van der Waals surface area contributed by atoms with Crippen molar-refractivity contribution in [2.45, 2.75) is 20.0 Å². The molecule has 0 atom stereocenters. The normalized spacial score (nSPS) is 10.9. The second-order valence-electron chi connectivity index (χ2n) is 5.20. The summed E-state index contributed by atoms with van der Waals surface area (Å²) in [7, 11) is 0. The second kappa shape index (κ2) is 5.44. The fourth-order valence-electron chi connectivity index (χ4n) is 2.77. The van der Waals surface area contributed by atoms with Crippen LogP contribution in [-0.4, -0.2) is 9.13 Å². The molecule has 1 aromatic heterocycles. The highest BCUT2D eigenvalue weighted by Gasteiger charge is 2.13. The molecule has 3 rings (SSSR count). The number of aryl methyl sites for hydroxylation is 1. The molecular weight excluding hydrogens is 260 g/mol. The number of nitrogens with zero attached hydrogens (tertiary/aromatic N) is 2. The van der Waals surface area contributed by atoms with Crippen LogP contribution < -0.4 is 5.69 Å². The quantitative estimate of drug-likeness (QED) is 0.672. The van der Waals surface area contributed by atoms with Gasteiger partial charge in [-0.2, -0.15) is 0 Å². The molecule has 21 heavy (non-hydrogen) atoms. The first-order chi connectivity index (χ1) is 10.2. The summed E-state index contributed by atoms with van der Waals surface area (Å²) in [5.41, 5.74) is 4.23. The standard InChI is InChI=1S/C18H18N2O/c1-3-12-19-17-14(2)8-7-11-16(17)20(18(19)21)13-15-9-5-4-6-10-15/h3-11H,1,12-13H2,2H3. The molecular formula is C18H18N2O. The number of aromatic nitrogens is 2. The summed E-state index contributed by atoms with van der Waals surface area (Å²) in [5, 5.41) is 0. The first kappa shape index (κ1) is 13.4. The van der Waals surface area contributed by atoms with Crippen LogP contribution in [0.1, 0.15) is 11.1 Å². The van der Waals surface area contributed by atoms with Crippen molar-refractivity contribution in [2.75, 3.05) is 0 Å². The van der Waals surface area contributed by atoms with E-state index in [2.05, 4.69) is 6.58 Å². The van der Waals surface area contributed by atoms with E-state index >= 15 is 0 Å². The van der Waals surface area contributed by atoms with E-state index in [9.17, 15) is 4.79 Å². The fraction of sp³-hybridized carbons (Fsp3) is 0.167. The van der Waals surface area contributed by atoms with E-state index in [4.69, 9.17) is 0 Å². The van der Waals surface area contributed by atoms with E-state index in [1.807, 2.05) is 60.0 Å². The van der Waals surface area contributed by atoms with Crippen LogP contribution in [-0.2, 0) is 13.1 Å². The van der Waals surface area contributed by atoms with Crippen molar-refractivity contribution in [3.63, 3.8) is 0 Å². The molecule has 0 saturated carbocycles. The first-order valence-corrected chi connectivity index (χ1v) is 7.06. The van der Waals surface area contributed by atoms with Crippen molar-refractivity contribution in [3.05, 3.63) is 82.8 Å². The van der Waals surface area contributed by atoms with E-state index in [0.29, 0.717) is 13.1 Å². The molecule has 0 saturated heterocycles. The predicted molar refractivity (Wildman–Crippen MR) is 86.7 cm³/mol. The zero-order valence-electron chi connectivity index (χ0n) is 12.1. The Kier molecular flexibility index (Phi) is 3.48. The lowest BCUT2D eigenvalue weighted by Crippen LogP contribution is -2.24. The van der Waals surface area contributed by atoms with Gasteiger partial charge in [-0.05, 0) is 24.1 Å². The van der Waals surface area contributed by atoms with Crippen LogP contribution in [0.2, 0.25) is 0 Å². The molecule has 0 N–H and O–H groups in total. The van der Waals surface area contributed by atoms with Gasteiger partial charge in [0, 0.05) is 6.54 Å². The Labute approximate surface area is 123 Å². The largest absolute Gasteiger partial charge is 0.329 e. The monoisotopic (exact) mass is 278 g/mol. The van der Waals surface area contributed by atoms with E-state index < -0.39 is 0 Å². The molecule has 3 aromatic rings. The minimum absolute atomic E-state index is 0.0167. The average molecular weight is 278 g/mol. The second-order valence-corrected chi connectivity index (χ2v) is 5.20. The summed E-state index contributed by atoms with van der Waals surface area (Å²) < 4.78 is 3.63. The highest BCUT2D eigenvalue weighted by Crippen LogP contribution is 2.18. The molecule has 3 nitrogen and oxygen atoms in total. The molecule has 0 aliphatic heterocycles. The summed E-state index contributed by atoms with van der Waals surface area (Å²) >= 11 is 0. The molecule has 0 unspecified atom stereocenters. The van der Waals surface area contributed by atoms with Gasteiger partial charge in [-0.1, -0.05) is 48.5 Å². The number of allylic oxidation sites excluding steroid dienone is 1. The minimum atomic E-state index is 0.0167. The van der Waals surface area contributed by atoms with Gasteiger partial charge in [-0.15, -0.1) is 6.58 Å². The van der Waals surface area contributed by atoms with Crippen LogP contribution in [0.15, 0.2) is 66.0 Å². The molecule has 0 spiro atoms. The predicted octanol–water partition coefficient (Wildman–Crippen LogP) is 3.35. The van der Waals surface area contributed by atoms with Gasteiger partial charge in [0.05, 0.1) is 17.6 Å². The van der Waals surface area contributed by atoms with Crippen molar-refractivity contribution in [1.82, 2.24) is 9.13 Å². The first-order valence-electron chi connectivity index (χ1n) is 7.06. The van der Waals surface area contributed by atoms with Gasteiger partial charge in [0.25, 0.3) is 0 Å². The van der Waals surface area contributed by atoms with Crippen LogP contribution in [0.5, 0.6) is 0 Å². The van der Waals surface area contributed by atoms with Crippen LogP contribution in [0.3, 0.4) is 0 Å². The van der Waals surface area contributed by atoms with Gasteiger partial charge in [0.15, 0.2) is 0 Å². The van der Waals surface area contributed by atoms with Gasteiger partial charge < -0.3 is 0 Å². The maximum absolute atomic E-state index is 12.7. The molecule has 0 aliphatic rings. The van der Waals surface area contributed by atoms with Crippen molar-refractivity contribution in [1.29, 1.82) is 0 Å². The third-order valence-electron chi connectivity index (χ3n) is 3.73. The average Bonchev–Trinajstić information content (AvgIpc) is 2.76. The van der Waals surface area contributed by atoms with Crippen LogP contribution in [0.4, 0.5) is 0 Å². The zero-order chi connectivity index (χ0) is 14.8. The lowest BCUT2D eigenvalue weighted by Gasteiger charge is -2.03. The highest BCUT2D eigenvalue weighted by atomic mass is 16.1. The number of fused-ring (bicyclic) bond motifs is 1. The zero-order valence-corrected chi connectivity index (χ0v) is 12.1. The van der Waals surface area contributed by atoms with Gasteiger partial charge in [-0.25, -0.2) is 4.79 Å². The van der Waals surface area contributed by atoms with Crippen molar-refractivity contribution >= 4 is 11.0 Å². The Hall–Kier alpha value is -2.55.